The van der Waals surface area contributed by atoms with Crippen LogP contribution in [0.15, 0.2) is 30.3 Å². The van der Waals surface area contributed by atoms with Crippen LogP contribution in [-0.2, 0) is 17.8 Å². The van der Waals surface area contributed by atoms with Gasteiger partial charge in [0.25, 0.3) is 0 Å². The minimum absolute atomic E-state index is 0.0140. The van der Waals surface area contributed by atoms with Crippen LogP contribution in [0.2, 0.25) is 0 Å². The fraction of sp³-hybridized carbons (Fsp3) is 0.607. The number of piperazine rings is 2. The molecule has 2 aromatic rings. The second-order valence-corrected chi connectivity index (χ2v) is 11.7. The van der Waals surface area contributed by atoms with Gasteiger partial charge in [0.1, 0.15) is 5.82 Å². The van der Waals surface area contributed by atoms with E-state index in [4.69, 9.17) is 9.97 Å². The van der Waals surface area contributed by atoms with Crippen LogP contribution in [0.5, 0.6) is 0 Å². The molecule has 4 heterocycles. The van der Waals surface area contributed by atoms with Crippen LogP contribution in [0.4, 0.5) is 17.5 Å². The Morgan fingerprint density at radius 2 is 1.47 bits per heavy atom. The van der Waals surface area contributed by atoms with Crippen LogP contribution >= 0.6 is 0 Å². The van der Waals surface area contributed by atoms with Gasteiger partial charge in [-0.15, -0.1) is 0 Å². The number of fused-ring (bicyclic) bond motifs is 1. The van der Waals surface area contributed by atoms with Gasteiger partial charge in [0, 0.05) is 83.0 Å². The van der Waals surface area contributed by atoms with Crippen LogP contribution in [0.25, 0.3) is 0 Å². The number of hydrogen-bond donors (Lipinski definition) is 0. The van der Waals surface area contributed by atoms with Gasteiger partial charge < -0.3 is 24.5 Å². The molecule has 0 aliphatic carbocycles. The predicted molar refractivity (Wildman–Crippen MR) is 146 cm³/mol. The summed E-state index contributed by atoms with van der Waals surface area (Å²) in [5.41, 5.74) is 3.54. The standard InChI is InChI=1S/C28H41N7O/c1-28(2,3)20-25(36)35-11-10-24-23(21-35)26(33-14-12-31(4)13-15-33)30-27(29-24)34-18-16-32(17-19-34)22-8-6-5-7-9-22/h5-9H,10-21H2,1-4H3. The van der Waals surface area contributed by atoms with E-state index in [1.807, 2.05) is 4.90 Å². The van der Waals surface area contributed by atoms with Gasteiger partial charge >= 0.3 is 0 Å². The quantitative estimate of drug-likeness (QED) is 0.652. The van der Waals surface area contributed by atoms with Gasteiger partial charge in [-0.05, 0) is 24.6 Å². The molecule has 0 atom stereocenters. The van der Waals surface area contributed by atoms with E-state index < -0.39 is 0 Å². The monoisotopic (exact) mass is 491 g/mol. The van der Waals surface area contributed by atoms with Crippen molar-refractivity contribution in [3.05, 3.63) is 41.6 Å². The van der Waals surface area contributed by atoms with Crippen molar-refractivity contribution in [1.82, 2.24) is 19.8 Å². The Labute approximate surface area is 215 Å². The maximum atomic E-state index is 13.1. The molecular formula is C28H41N7O. The van der Waals surface area contributed by atoms with Gasteiger partial charge in [0.05, 0.1) is 12.2 Å². The Morgan fingerprint density at radius 1 is 0.833 bits per heavy atom. The Bertz CT molecular complexity index is 1050. The Hall–Kier alpha value is -2.87. The molecule has 0 radical (unpaired) electrons. The minimum atomic E-state index is -0.0140. The van der Waals surface area contributed by atoms with Crippen molar-refractivity contribution in [3.63, 3.8) is 0 Å². The summed E-state index contributed by atoms with van der Waals surface area (Å²) in [5, 5.41) is 0. The number of nitrogens with zero attached hydrogens (tertiary/aromatic N) is 7. The Balaban J connectivity index is 1.38. The highest BCUT2D eigenvalue weighted by Crippen LogP contribution is 2.31. The van der Waals surface area contributed by atoms with Crippen molar-refractivity contribution >= 4 is 23.4 Å². The number of carbonyl (C=O) groups excluding carboxylic acids is 1. The van der Waals surface area contributed by atoms with Gasteiger partial charge in [0.15, 0.2) is 0 Å². The normalized spacial score (nSPS) is 19.4. The molecule has 3 aliphatic heterocycles. The van der Waals surface area contributed by atoms with E-state index in [9.17, 15) is 4.79 Å². The molecule has 36 heavy (non-hydrogen) atoms. The van der Waals surface area contributed by atoms with Crippen LogP contribution in [0.3, 0.4) is 0 Å². The molecule has 0 spiro atoms. The average molecular weight is 492 g/mol. The fourth-order valence-electron chi connectivity index (χ4n) is 5.39. The van der Waals surface area contributed by atoms with Crippen molar-refractivity contribution in [2.45, 2.75) is 40.2 Å². The molecule has 0 saturated carbocycles. The van der Waals surface area contributed by atoms with E-state index in [2.05, 4.69) is 77.8 Å². The number of benzene rings is 1. The van der Waals surface area contributed by atoms with Crippen molar-refractivity contribution in [1.29, 1.82) is 0 Å². The smallest absolute Gasteiger partial charge is 0.227 e. The van der Waals surface area contributed by atoms with Gasteiger partial charge in [0.2, 0.25) is 11.9 Å². The molecular weight excluding hydrogens is 450 g/mol. The lowest BCUT2D eigenvalue weighted by molar-refractivity contribution is -0.134. The number of anilines is 3. The van der Waals surface area contributed by atoms with Gasteiger partial charge in [-0.1, -0.05) is 39.0 Å². The summed E-state index contributed by atoms with van der Waals surface area (Å²) >= 11 is 0. The van der Waals surface area contributed by atoms with Gasteiger partial charge in [-0.3, -0.25) is 4.79 Å². The molecule has 1 amide bonds. The SMILES string of the molecule is CN1CCN(c2nc(N3CCN(c4ccccc4)CC3)nc3c2CN(C(=O)CC(C)(C)C)CC3)CC1. The molecule has 1 aromatic carbocycles. The Kier molecular flexibility index (Phi) is 7.06. The van der Waals surface area contributed by atoms with Crippen molar-refractivity contribution in [2.75, 3.05) is 80.7 Å². The zero-order chi connectivity index (χ0) is 25.3. The molecule has 8 heteroatoms. The lowest BCUT2D eigenvalue weighted by Gasteiger charge is -2.39. The van der Waals surface area contributed by atoms with Crippen LogP contribution in [0, 0.1) is 5.41 Å². The third-order valence-corrected chi connectivity index (χ3v) is 7.55. The zero-order valence-electron chi connectivity index (χ0n) is 22.4. The lowest BCUT2D eigenvalue weighted by atomic mass is 9.91. The number of rotatable bonds is 4. The second-order valence-electron chi connectivity index (χ2n) is 11.7. The third kappa shape index (κ3) is 5.59. The molecule has 0 N–H and O–H groups in total. The van der Waals surface area contributed by atoms with Gasteiger partial charge in [-0.25, -0.2) is 4.98 Å². The van der Waals surface area contributed by atoms with Crippen LogP contribution < -0.4 is 14.7 Å². The maximum Gasteiger partial charge on any atom is 0.227 e. The summed E-state index contributed by atoms with van der Waals surface area (Å²) in [5.74, 6) is 2.13. The Morgan fingerprint density at radius 3 is 2.14 bits per heavy atom. The van der Waals surface area contributed by atoms with E-state index in [1.54, 1.807) is 0 Å². The third-order valence-electron chi connectivity index (χ3n) is 7.55. The summed E-state index contributed by atoms with van der Waals surface area (Å²) in [7, 11) is 2.18. The molecule has 1 aromatic heterocycles. The largest absolute Gasteiger partial charge is 0.368 e. The number of likely N-dealkylation sites (N-methyl/N-ethyl adjacent to an activating group) is 1. The maximum absolute atomic E-state index is 13.1. The molecule has 2 fully saturated rings. The lowest BCUT2D eigenvalue weighted by Crippen LogP contribution is -2.48. The van der Waals surface area contributed by atoms with E-state index >= 15 is 0 Å². The first-order valence-electron chi connectivity index (χ1n) is 13.4. The molecule has 0 unspecified atom stereocenters. The summed E-state index contributed by atoms with van der Waals surface area (Å²) in [4.78, 5) is 34.9. The highest BCUT2D eigenvalue weighted by molar-refractivity contribution is 5.77. The highest BCUT2D eigenvalue weighted by Gasteiger charge is 2.31. The molecule has 3 aliphatic rings. The molecule has 8 nitrogen and oxygen atoms in total. The first-order valence-corrected chi connectivity index (χ1v) is 13.4. The summed E-state index contributed by atoms with van der Waals surface area (Å²) < 4.78 is 0. The van der Waals surface area contributed by atoms with Gasteiger partial charge in [-0.2, -0.15) is 4.98 Å². The second kappa shape index (κ2) is 10.2. The van der Waals surface area contributed by atoms with Crippen LogP contribution in [0.1, 0.15) is 38.4 Å². The zero-order valence-corrected chi connectivity index (χ0v) is 22.4. The van der Waals surface area contributed by atoms with Crippen LogP contribution in [-0.4, -0.2) is 91.6 Å². The minimum Gasteiger partial charge on any atom is -0.368 e. The topological polar surface area (TPSA) is 59.1 Å². The summed E-state index contributed by atoms with van der Waals surface area (Å²) in [6.45, 7) is 15.4. The van der Waals surface area contributed by atoms with E-state index in [1.165, 1.54) is 5.69 Å². The number of para-hydroxylation sites is 1. The number of hydrogen-bond acceptors (Lipinski definition) is 7. The predicted octanol–water partition coefficient (Wildman–Crippen LogP) is 2.88. The number of carbonyl (C=O) groups is 1. The molecule has 2 saturated heterocycles. The molecule has 194 valence electrons. The fourth-order valence-corrected chi connectivity index (χ4v) is 5.39. The van der Waals surface area contributed by atoms with Crippen molar-refractivity contribution in [3.8, 4) is 0 Å². The number of amides is 1. The molecule has 5 rings (SSSR count). The van der Waals surface area contributed by atoms with E-state index in [0.29, 0.717) is 13.0 Å². The first kappa shape index (κ1) is 24.8. The number of aromatic nitrogens is 2. The summed E-state index contributed by atoms with van der Waals surface area (Å²) in [6.07, 6.45) is 1.36. The average Bonchev–Trinajstić information content (AvgIpc) is 2.88. The van der Waals surface area contributed by atoms with E-state index in [0.717, 1.165) is 88.3 Å². The first-order chi connectivity index (χ1) is 17.3. The molecule has 0 bridgehead atoms. The summed E-state index contributed by atoms with van der Waals surface area (Å²) in [6, 6.07) is 10.6. The highest BCUT2D eigenvalue weighted by atomic mass is 16.2. The van der Waals surface area contributed by atoms with E-state index in [-0.39, 0.29) is 11.3 Å². The van der Waals surface area contributed by atoms with Crippen molar-refractivity contribution in [2.24, 2.45) is 5.41 Å². The van der Waals surface area contributed by atoms with Crippen molar-refractivity contribution < 1.29 is 4.79 Å².